The standard InChI is InChI=1S/C11H18N4O/c1-8-11(12)9(7-14-8)5-3-4-6-15(11)10(16)13-2/h9,14H,1-7,12H2/t9-,11+/m0/s1. The van der Waals surface area contributed by atoms with Crippen molar-refractivity contribution in [2.75, 3.05) is 13.1 Å². The second-order valence-electron chi connectivity index (χ2n) is 4.47. The van der Waals surface area contributed by atoms with Crippen LogP contribution in [0.5, 0.6) is 0 Å². The van der Waals surface area contributed by atoms with E-state index >= 15 is 0 Å². The lowest BCUT2D eigenvalue weighted by molar-refractivity contribution is 0.128. The molecule has 0 aromatic rings. The Morgan fingerprint density at radius 1 is 1.62 bits per heavy atom. The molecule has 0 unspecified atom stereocenters. The van der Waals surface area contributed by atoms with Crippen LogP contribution in [-0.2, 0) is 0 Å². The molecule has 3 N–H and O–H groups in total. The van der Waals surface area contributed by atoms with Crippen LogP contribution in [-0.4, -0.2) is 36.4 Å². The molecule has 2 fully saturated rings. The quantitative estimate of drug-likeness (QED) is 0.592. The van der Waals surface area contributed by atoms with Crippen molar-refractivity contribution in [3.8, 4) is 0 Å². The van der Waals surface area contributed by atoms with Gasteiger partial charge in [-0.15, -0.1) is 0 Å². The number of likely N-dealkylation sites (tertiary alicyclic amines) is 1. The highest BCUT2D eigenvalue weighted by molar-refractivity contribution is 5.80. The summed E-state index contributed by atoms with van der Waals surface area (Å²) in [5.41, 5.74) is 6.32. The molecule has 2 aliphatic rings. The maximum atomic E-state index is 11.8. The first-order valence-corrected chi connectivity index (χ1v) is 5.61. The summed E-state index contributed by atoms with van der Waals surface area (Å²) in [5.74, 6) is 0.230. The summed E-state index contributed by atoms with van der Waals surface area (Å²) < 4.78 is 0. The van der Waals surface area contributed by atoms with Crippen molar-refractivity contribution in [2.45, 2.75) is 24.9 Å². The first-order chi connectivity index (χ1) is 7.60. The minimum absolute atomic E-state index is 0.230. The number of hydrogen-bond acceptors (Lipinski definition) is 3. The van der Waals surface area contributed by atoms with Crippen LogP contribution in [0.1, 0.15) is 19.3 Å². The van der Waals surface area contributed by atoms with Gasteiger partial charge in [0.2, 0.25) is 0 Å². The normalized spacial score (nSPS) is 33.9. The maximum absolute atomic E-state index is 11.8. The Morgan fingerprint density at radius 3 is 3.06 bits per heavy atom. The summed E-state index contributed by atoms with van der Waals surface area (Å²) in [6, 6.07) is -0.348. The van der Waals surface area contributed by atoms with Gasteiger partial charge in [-0.3, -0.25) is 4.90 Å². The average molecular weight is 222 g/mol. The van der Waals surface area contributed by atoms with Crippen LogP contribution < -0.4 is 11.1 Å². The van der Waals surface area contributed by atoms with Crippen LogP contribution in [0.15, 0.2) is 17.3 Å². The van der Waals surface area contributed by atoms with Gasteiger partial charge in [-0.05, 0) is 19.6 Å². The molecule has 2 rings (SSSR count). The van der Waals surface area contributed by atoms with E-state index in [2.05, 4.69) is 23.6 Å². The highest BCUT2D eigenvalue weighted by atomic mass is 16.2. The predicted octanol–water partition coefficient (Wildman–Crippen LogP) is 0.681. The van der Waals surface area contributed by atoms with Crippen LogP contribution in [0.25, 0.3) is 0 Å². The van der Waals surface area contributed by atoms with Gasteiger partial charge in [0.15, 0.2) is 0 Å². The second kappa shape index (κ2) is 3.90. The van der Waals surface area contributed by atoms with Gasteiger partial charge in [0.25, 0.3) is 0 Å². The molecule has 16 heavy (non-hydrogen) atoms. The molecule has 2 saturated heterocycles. The molecule has 0 spiro atoms. The number of nitrogens with one attached hydrogen (secondary N) is 1. The van der Waals surface area contributed by atoms with E-state index in [9.17, 15) is 4.79 Å². The van der Waals surface area contributed by atoms with Crippen LogP contribution >= 0.6 is 0 Å². The zero-order chi connectivity index (χ0) is 11.8. The van der Waals surface area contributed by atoms with E-state index in [-0.39, 0.29) is 11.9 Å². The molecule has 0 aromatic heterocycles. The van der Waals surface area contributed by atoms with Gasteiger partial charge in [-0.2, -0.15) is 0 Å². The lowest BCUT2D eigenvalue weighted by Crippen LogP contribution is -2.60. The smallest absolute Gasteiger partial charge is 0.344 e. The van der Waals surface area contributed by atoms with E-state index in [0.717, 1.165) is 31.5 Å². The molecule has 0 bridgehead atoms. The number of carbonyl (C=O) groups excluding carboxylic acids is 1. The number of hydrogen-bond donors (Lipinski definition) is 2. The fourth-order valence-electron chi connectivity index (χ4n) is 2.68. The molecule has 0 saturated carbocycles. The van der Waals surface area contributed by atoms with Crippen molar-refractivity contribution in [1.82, 2.24) is 10.2 Å². The summed E-state index contributed by atoms with van der Waals surface area (Å²) in [5, 5.41) is 3.16. The first-order valence-electron chi connectivity index (χ1n) is 5.61. The van der Waals surface area contributed by atoms with Crippen molar-refractivity contribution < 1.29 is 4.79 Å². The Bertz CT molecular complexity index is 341. The predicted molar refractivity (Wildman–Crippen MR) is 63.1 cm³/mol. The summed E-state index contributed by atoms with van der Waals surface area (Å²) >= 11 is 0. The number of carbonyl (C=O) groups is 1. The van der Waals surface area contributed by atoms with E-state index < -0.39 is 5.66 Å². The van der Waals surface area contributed by atoms with Crippen molar-refractivity contribution in [3.63, 3.8) is 0 Å². The van der Waals surface area contributed by atoms with Crippen molar-refractivity contribution in [1.29, 1.82) is 0 Å². The minimum Gasteiger partial charge on any atom is -0.385 e. The fourth-order valence-corrected chi connectivity index (χ4v) is 2.68. The summed E-state index contributed by atoms with van der Waals surface area (Å²) in [6.07, 6.45) is 3.06. The number of fused-ring (bicyclic) bond motifs is 1. The van der Waals surface area contributed by atoms with E-state index in [0.29, 0.717) is 6.54 Å². The number of aliphatic imine (C=N–C) groups is 1. The molecule has 88 valence electrons. The summed E-state index contributed by atoms with van der Waals surface area (Å²) in [6.45, 7) is 8.64. The third-order valence-corrected chi connectivity index (χ3v) is 3.66. The van der Waals surface area contributed by atoms with Crippen molar-refractivity contribution in [2.24, 2.45) is 16.6 Å². The molecular weight excluding hydrogens is 204 g/mol. The van der Waals surface area contributed by atoms with Crippen LogP contribution in [0.4, 0.5) is 4.79 Å². The number of amides is 2. The van der Waals surface area contributed by atoms with Gasteiger partial charge in [0.05, 0.1) is 0 Å². The molecular formula is C11H18N4O. The monoisotopic (exact) mass is 222 g/mol. The molecule has 2 heterocycles. The van der Waals surface area contributed by atoms with E-state index in [4.69, 9.17) is 5.73 Å². The maximum Gasteiger partial charge on any atom is 0.344 e. The zero-order valence-corrected chi connectivity index (χ0v) is 9.41. The highest BCUT2D eigenvalue weighted by Crippen LogP contribution is 2.36. The molecule has 2 atom stereocenters. The van der Waals surface area contributed by atoms with Crippen molar-refractivity contribution >= 4 is 12.7 Å². The summed E-state index contributed by atoms with van der Waals surface area (Å²) in [4.78, 5) is 16.9. The Kier molecular flexibility index (Phi) is 2.71. The zero-order valence-electron chi connectivity index (χ0n) is 9.41. The lowest BCUT2D eigenvalue weighted by atomic mass is 9.91. The molecule has 0 radical (unpaired) electrons. The van der Waals surface area contributed by atoms with Gasteiger partial charge in [0.1, 0.15) is 5.66 Å². The SMILES string of the molecule is C=NC(=O)N1CCCC[C@H]2CNC(=C)[C@]21N. The van der Waals surface area contributed by atoms with E-state index in [1.54, 1.807) is 4.90 Å². The van der Waals surface area contributed by atoms with Gasteiger partial charge < -0.3 is 11.1 Å². The molecule has 2 aliphatic heterocycles. The second-order valence-corrected chi connectivity index (χ2v) is 4.47. The van der Waals surface area contributed by atoms with Crippen LogP contribution in [0.3, 0.4) is 0 Å². The van der Waals surface area contributed by atoms with Gasteiger partial charge >= 0.3 is 6.03 Å². The number of urea groups is 1. The molecule has 0 aliphatic carbocycles. The van der Waals surface area contributed by atoms with E-state index in [1.165, 1.54) is 0 Å². The van der Waals surface area contributed by atoms with Gasteiger partial charge in [0, 0.05) is 24.7 Å². The highest BCUT2D eigenvalue weighted by Gasteiger charge is 2.49. The fraction of sp³-hybridized carbons (Fsp3) is 0.636. The molecule has 5 nitrogen and oxygen atoms in total. The van der Waals surface area contributed by atoms with E-state index in [1.807, 2.05) is 0 Å². The van der Waals surface area contributed by atoms with Crippen LogP contribution in [0, 0.1) is 5.92 Å². The van der Waals surface area contributed by atoms with Gasteiger partial charge in [-0.25, -0.2) is 9.79 Å². The van der Waals surface area contributed by atoms with Crippen molar-refractivity contribution in [3.05, 3.63) is 12.3 Å². The topological polar surface area (TPSA) is 70.7 Å². The Morgan fingerprint density at radius 2 is 2.38 bits per heavy atom. The number of nitrogens with zero attached hydrogens (tertiary/aromatic N) is 2. The van der Waals surface area contributed by atoms with Crippen LogP contribution in [0.2, 0.25) is 0 Å². The number of nitrogens with two attached hydrogens (primary N) is 1. The largest absolute Gasteiger partial charge is 0.385 e. The summed E-state index contributed by atoms with van der Waals surface area (Å²) in [7, 11) is 0. The Hall–Kier alpha value is -1.36. The van der Waals surface area contributed by atoms with Gasteiger partial charge in [-0.1, -0.05) is 13.0 Å². The Labute approximate surface area is 95.4 Å². The molecule has 0 aromatic carbocycles. The first kappa shape index (κ1) is 11.1. The third-order valence-electron chi connectivity index (χ3n) is 3.66. The third kappa shape index (κ3) is 1.43. The molecule has 2 amide bonds. The lowest BCUT2D eigenvalue weighted by Gasteiger charge is -2.39. The molecule has 5 heteroatoms. The number of rotatable bonds is 0. The Balaban J connectivity index is 2.37. The minimum atomic E-state index is -0.783. The average Bonchev–Trinajstić information content (AvgIpc) is 2.48.